The van der Waals surface area contributed by atoms with Crippen LogP contribution in [0.4, 0.5) is 0 Å². The fourth-order valence-corrected chi connectivity index (χ4v) is 2.71. The van der Waals surface area contributed by atoms with E-state index in [1.807, 2.05) is 0 Å². The van der Waals surface area contributed by atoms with Gasteiger partial charge in [-0.05, 0) is 6.92 Å². The Morgan fingerprint density at radius 1 is 0.962 bits per heavy atom. The number of aliphatic hydroxyl groups is 6. The average molecular weight is 382 g/mol. The summed E-state index contributed by atoms with van der Waals surface area (Å²) in [4.78, 5) is 11.8. The molecule has 0 aliphatic carbocycles. The second-order valence-corrected chi connectivity index (χ2v) is 6.45. The van der Waals surface area contributed by atoms with Gasteiger partial charge in [-0.2, -0.15) is 0 Å². The molecule has 11 nitrogen and oxygen atoms in total. The van der Waals surface area contributed by atoms with E-state index in [9.17, 15) is 35.4 Å². The van der Waals surface area contributed by atoms with E-state index in [0.717, 1.165) is 0 Å². The number of carbonyl (C=O) groups is 1. The molecule has 0 aromatic heterocycles. The Kier molecular flexibility index (Phi) is 7.70. The molecule has 0 amide bonds. The van der Waals surface area contributed by atoms with Crippen molar-refractivity contribution in [3.63, 3.8) is 0 Å². The van der Waals surface area contributed by atoms with Crippen LogP contribution >= 0.6 is 0 Å². The summed E-state index contributed by atoms with van der Waals surface area (Å²) in [5.41, 5.74) is 0. The van der Waals surface area contributed by atoms with Gasteiger partial charge in [0.05, 0.1) is 19.8 Å². The molecule has 2 saturated heterocycles. The highest BCUT2D eigenvalue weighted by Crippen LogP contribution is 2.19. The van der Waals surface area contributed by atoms with Gasteiger partial charge >= 0.3 is 5.97 Å². The predicted molar refractivity (Wildman–Crippen MR) is 81.9 cm³/mol. The van der Waals surface area contributed by atoms with Crippen LogP contribution in [0.15, 0.2) is 0 Å². The van der Waals surface area contributed by atoms with E-state index in [4.69, 9.17) is 18.9 Å². The van der Waals surface area contributed by atoms with Crippen LogP contribution in [0, 0.1) is 0 Å². The summed E-state index contributed by atoms with van der Waals surface area (Å²) in [5.74, 6) is -0.822. The first kappa shape index (κ1) is 21.4. The van der Waals surface area contributed by atoms with Gasteiger partial charge in [-0.15, -0.1) is 0 Å². The Labute approximate surface area is 149 Å². The molecule has 152 valence electrons. The van der Waals surface area contributed by atoms with Crippen molar-refractivity contribution in [2.75, 3.05) is 26.4 Å². The minimum atomic E-state index is -1.33. The summed E-state index contributed by atoms with van der Waals surface area (Å²) in [7, 11) is 0. The molecule has 2 rings (SSSR count). The van der Waals surface area contributed by atoms with Crippen LogP contribution in [0.5, 0.6) is 0 Å². The minimum absolute atomic E-state index is 0.109. The molecular weight excluding hydrogens is 356 g/mol. The van der Waals surface area contributed by atoms with Crippen LogP contribution in [0.3, 0.4) is 0 Å². The van der Waals surface area contributed by atoms with Crippen LogP contribution < -0.4 is 0 Å². The third-order valence-corrected chi connectivity index (χ3v) is 4.38. The highest BCUT2D eigenvalue weighted by Gasteiger charge is 2.41. The molecule has 2 aliphatic heterocycles. The predicted octanol–water partition coefficient (Wildman–Crippen LogP) is -4.10. The van der Waals surface area contributed by atoms with Gasteiger partial charge in [-0.25, -0.2) is 4.79 Å². The fourth-order valence-electron chi connectivity index (χ4n) is 2.71. The lowest BCUT2D eigenvalue weighted by Crippen LogP contribution is -2.43. The molecule has 11 heteroatoms. The Morgan fingerprint density at radius 2 is 1.42 bits per heavy atom. The molecule has 0 bridgehead atoms. The van der Waals surface area contributed by atoms with Crippen LogP contribution in [0.25, 0.3) is 0 Å². The summed E-state index contributed by atoms with van der Waals surface area (Å²) in [6.07, 6.45) is -10.5. The highest BCUT2D eigenvalue weighted by molar-refractivity contribution is 5.74. The van der Waals surface area contributed by atoms with Crippen molar-refractivity contribution in [1.82, 2.24) is 0 Å². The molecule has 9 atom stereocenters. The molecule has 0 saturated carbocycles. The third kappa shape index (κ3) is 5.09. The Morgan fingerprint density at radius 3 is 1.85 bits per heavy atom. The first-order valence-corrected chi connectivity index (χ1v) is 8.32. The number of ether oxygens (including phenoxy) is 4. The topological polar surface area (TPSA) is 175 Å². The summed E-state index contributed by atoms with van der Waals surface area (Å²) in [6, 6.07) is 0. The summed E-state index contributed by atoms with van der Waals surface area (Å²) in [6.45, 7) is 0.317. The lowest BCUT2D eigenvalue weighted by molar-refractivity contribution is -0.166. The van der Waals surface area contributed by atoms with Gasteiger partial charge in [0.15, 0.2) is 6.10 Å². The smallest absolute Gasteiger partial charge is 0.335 e. The van der Waals surface area contributed by atoms with E-state index in [2.05, 4.69) is 0 Å². The molecule has 2 aliphatic rings. The van der Waals surface area contributed by atoms with E-state index in [-0.39, 0.29) is 19.8 Å². The maximum absolute atomic E-state index is 11.8. The zero-order valence-corrected chi connectivity index (χ0v) is 14.2. The van der Waals surface area contributed by atoms with Crippen molar-refractivity contribution in [3.05, 3.63) is 0 Å². The molecule has 0 aromatic carbocycles. The summed E-state index contributed by atoms with van der Waals surface area (Å²) in [5, 5.41) is 57.7. The molecule has 6 N–H and O–H groups in total. The zero-order chi connectivity index (χ0) is 19.4. The fraction of sp³-hybridized carbons (Fsp3) is 0.933. The van der Waals surface area contributed by atoms with Gasteiger partial charge in [0.2, 0.25) is 0 Å². The maximum atomic E-state index is 11.8. The summed E-state index contributed by atoms with van der Waals surface area (Å²) < 4.78 is 20.1. The molecule has 0 radical (unpaired) electrons. The molecular formula is C15H26O11. The van der Waals surface area contributed by atoms with E-state index in [0.29, 0.717) is 0 Å². The van der Waals surface area contributed by atoms with Crippen LogP contribution in [0.1, 0.15) is 6.92 Å². The highest BCUT2D eigenvalue weighted by atomic mass is 16.6. The SMILES string of the molecule is CC(OC[C@@H](O)C1OC[C@@H](O)[C@@H]1O)C(=O)OC[C@H](O)C1OC[C@H](O)[C@H]1O. The lowest BCUT2D eigenvalue weighted by Gasteiger charge is -2.23. The molecule has 0 aromatic rings. The average Bonchev–Trinajstić information content (AvgIpc) is 3.12. The molecule has 0 spiro atoms. The normalized spacial score (nSPS) is 38.1. The van der Waals surface area contributed by atoms with Gasteiger partial charge in [-0.1, -0.05) is 0 Å². The second kappa shape index (κ2) is 9.35. The first-order chi connectivity index (χ1) is 12.2. The number of carbonyl (C=O) groups excluding carboxylic acids is 1. The maximum Gasteiger partial charge on any atom is 0.335 e. The van der Waals surface area contributed by atoms with Crippen molar-refractivity contribution in [1.29, 1.82) is 0 Å². The molecule has 2 fully saturated rings. The number of rotatable bonds is 8. The van der Waals surface area contributed by atoms with E-state index in [1.165, 1.54) is 6.92 Å². The Balaban J connectivity index is 1.69. The third-order valence-electron chi connectivity index (χ3n) is 4.38. The first-order valence-electron chi connectivity index (χ1n) is 8.32. The number of hydrogen-bond acceptors (Lipinski definition) is 11. The van der Waals surface area contributed by atoms with Crippen molar-refractivity contribution < 1.29 is 54.4 Å². The van der Waals surface area contributed by atoms with Gasteiger partial charge in [0, 0.05) is 0 Å². The standard InChI is InChI=1S/C15H26O11/c1-6(23-4-9(18)13-11(20)7(16)2-24-13)15(22)26-5-10(19)14-12(21)8(17)3-25-14/h6-14,16-21H,2-5H2,1H3/t6?,7-,8+,9-,10+,11+,12-,13?,14?/m1/s1. The second-order valence-electron chi connectivity index (χ2n) is 6.45. The zero-order valence-electron chi connectivity index (χ0n) is 14.2. The Hall–Kier alpha value is -0.890. The van der Waals surface area contributed by atoms with Crippen molar-refractivity contribution in [3.8, 4) is 0 Å². The van der Waals surface area contributed by atoms with E-state index >= 15 is 0 Å². The quantitative estimate of drug-likeness (QED) is 0.225. The monoisotopic (exact) mass is 382 g/mol. The van der Waals surface area contributed by atoms with E-state index in [1.54, 1.807) is 0 Å². The van der Waals surface area contributed by atoms with Crippen LogP contribution in [-0.4, -0.2) is 118 Å². The largest absolute Gasteiger partial charge is 0.461 e. The van der Waals surface area contributed by atoms with Crippen LogP contribution in [0.2, 0.25) is 0 Å². The number of hydrogen-bond donors (Lipinski definition) is 6. The summed E-state index contributed by atoms with van der Waals surface area (Å²) >= 11 is 0. The van der Waals surface area contributed by atoms with Crippen molar-refractivity contribution in [2.24, 2.45) is 0 Å². The number of aliphatic hydroxyl groups excluding tert-OH is 6. The Bertz CT molecular complexity index is 461. The van der Waals surface area contributed by atoms with Gasteiger partial charge < -0.3 is 49.6 Å². The van der Waals surface area contributed by atoms with Crippen molar-refractivity contribution >= 4 is 5.97 Å². The van der Waals surface area contributed by atoms with Gasteiger partial charge in [0.25, 0.3) is 0 Å². The van der Waals surface area contributed by atoms with Gasteiger partial charge in [-0.3, -0.25) is 0 Å². The van der Waals surface area contributed by atoms with Crippen molar-refractivity contribution in [2.45, 2.75) is 61.9 Å². The molecule has 3 unspecified atom stereocenters. The van der Waals surface area contributed by atoms with Crippen LogP contribution in [-0.2, 0) is 23.7 Å². The van der Waals surface area contributed by atoms with E-state index < -0.39 is 67.5 Å². The number of esters is 1. The molecule has 2 heterocycles. The van der Waals surface area contributed by atoms with Gasteiger partial charge in [0.1, 0.15) is 55.4 Å². The molecule has 26 heavy (non-hydrogen) atoms. The lowest BCUT2D eigenvalue weighted by atomic mass is 10.1. The minimum Gasteiger partial charge on any atom is -0.461 e.